The highest BCUT2D eigenvalue weighted by Gasteiger charge is 2.30. The van der Waals surface area contributed by atoms with Gasteiger partial charge in [0.05, 0.1) is 18.8 Å². The van der Waals surface area contributed by atoms with Crippen molar-refractivity contribution in [2.45, 2.75) is 51.7 Å². The number of ether oxygens (including phenoxy) is 2. The van der Waals surface area contributed by atoms with Crippen molar-refractivity contribution in [3.8, 4) is 0 Å². The molecule has 2 atom stereocenters. The van der Waals surface area contributed by atoms with E-state index in [1.54, 1.807) is 0 Å². The first kappa shape index (κ1) is 14.7. The average Bonchev–Trinajstić information content (AvgIpc) is 3.32. The van der Waals surface area contributed by atoms with Gasteiger partial charge in [0.15, 0.2) is 0 Å². The molecule has 0 bridgehead atoms. The molecule has 1 aliphatic carbocycles. The van der Waals surface area contributed by atoms with Gasteiger partial charge in [0.1, 0.15) is 0 Å². The maximum atomic E-state index is 6.07. The van der Waals surface area contributed by atoms with Gasteiger partial charge < -0.3 is 14.8 Å². The Morgan fingerprint density at radius 3 is 3.00 bits per heavy atom. The molecule has 5 nitrogen and oxygen atoms in total. The minimum atomic E-state index is 0.143. The molecule has 2 fully saturated rings. The zero-order chi connectivity index (χ0) is 14.7. The zero-order valence-electron chi connectivity index (χ0n) is 13.0. The fraction of sp³-hybridized carbons (Fsp3) is 0.750. The van der Waals surface area contributed by atoms with Gasteiger partial charge in [0.25, 0.3) is 0 Å². The minimum Gasteiger partial charge on any atom is -0.379 e. The predicted molar refractivity (Wildman–Crippen MR) is 81.5 cm³/mol. The summed E-state index contributed by atoms with van der Waals surface area (Å²) in [4.78, 5) is 8.98. The van der Waals surface area contributed by atoms with Gasteiger partial charge in [-0.3, -0.25) is 0 Å². The van der Waals surface area contributed by atoms with Crippen LogP contribution < -0.4 is 5.32 Å². The highest BCUT2D eigenvalue weighted by molar-refractivity contribution is 5.31. The van der Waals surface area contributed by atoms with E-state index in [1.807, 2.05) is 13.1 Å². The lowest BCUT2D eigenvalue weighted by atomic mass is 10.1. The third-order valence-corrected chi connectivity index (χ3v) is 4.26. The van der Waals surface area contributed by atoms with Crippen LogP contribution in [0.4, 0.5) is 5.95 Å². The SMILES string of the molecule is CCc1nc(N[C@@H]2COCC[C@@H]2OCC2CC2)ncc1C. The number of aryl methyl sites for hydroxylation is 2. The summed E-state index contributed by atoms with van der Waals surface area (Å²) >= 11 is 0. The molecule has 1 saturated carbocycles. The Balaban J connectivity index is 1.62. The molecule has 0 unspecified atom stereocenters. The van der Waals surface area contributed by atoms with Crippen LogP contribution in [0.15, 0.2) is 6.20 Å². The summed E-state index contributed by atoms with van der Waals surface area (Å²) in [5.74, 6) is 1.48. The number of nitrogens with zero attached hydrogens (tertiary/aromatic N) is 2. The number of anilines is 1. The zero-order valence-corrected chi connectivity index (χ0v) is 13.0. The standard InChI is InChI=1S/C16H25N3O2/c1-3-13-11(2)8-17-16(18-13)19-14-10-20-7-6-15(14)21-9-12-4-5-12/h8,12,14-15H,3-7,9-10H2,1-2H3,(H,17,18,19)/t14-,15+/m1/s1. The van der Waals surface area contributed by atoms with Crippen molar-refractivity contribution in [3.05, 3.63) is 17.5 Å². The Hall–Kier alpha value is -1.20. The van der Waals surface area contributed by atoms with Crippen LogP contribution in [0.1, 0.15) is 37.4 Å². The van der Waals surface area contributed by atoms with E-state index in [1.165, 1.54) is 12.8 Å². The van der Waals surface area contributed by atoms with Crippen molar-refractivity contribution in [3.63, 3.8) is 0 Å². The van der Waals surface area contributed by atoms with E-state index in [0.717, 1.165) is 43.2 Å². The van der Waals surface area contributed by atoms with Crippen molar-refractivity contribution in [2.75, 3.05) is 25.1 Å². The molecule has 2 aliphatic rings. The normalized spacial score (nSPS) is 25.8. The Morgan fingerprint density at radius 2 is 2.24 bits per heavy atom. The van der Waals surface area contributed by atoms with Crippen molar-refractivity contribution < 1.29 is 9.47 Å². The summed E-state index contributed by atoms with van der Waals surface area (Å²) in [7, 11) is 0. The maximum Gasteiger partial charge on any atom is 0.223 e. The monoisotopic (exact) mass is 291 g/mol. The first-order valence-corrected chi connectivity index (χ1v) is 8.04. The van der Waals surface area contributed by atoms with E-state index in [0.29, 0.717) is 12.6 Å². The third-order valence-electron chi connectivity index (χ3n) is 4.26. The van der Waals surface area contributed by atoms with E-state index in [-0.39, 0.29) is 12.1 Å². The van der Waals surface area contributed by atoms with Crippen molar-refractivity contribution in [1.29, 1.82) is 0 Å². The summed E-state index contributed by atoms with van der Waals surface area (Å²) in [5.41, 5.74) is 2.24. The summed E-state index contributed by atoms with van der Waals surface area (Å²) in [6, 6.07) is 0.143. The lowest BCUT2D eigenvalue weighted by Crippen LogP contribution is -2.44. The van der Waals surface area contributed by atoms with Crippen LogP contribution >= 0.6 is 0 Å². The largest absolute Gasteiger partial charge is 0.379 e. The summed E-state index contributed by atoms with van der Waals surface area (Å²) in [6.07, 6.45) is 6.60. The number of hydrogen-bond acceptors (Lipinski definition) is 5. The molecule has 1 saturated heterocycles. The lowest BCUT2D eigenvalue weighted by molar-refractivity contribution is -0.0440. The highest BCUT2D eigenvalue weighted by atomic mass is 16.5. The van der Waals surface area contributed by atoms with Crippen LogP contribution in [0.5, 0.6) is 0 Å². The second-order valence-corrected chi connectivity index (χ2v) is 6.11. The summed E-state index contributed by atoms with van der Waals surface area (Å²) in [5, 5.41) is 3.40. The van der Waals surface area contributed by atoms with E-state index in [2.05, 4.69) is 22.2 Å². The summed E-state index contributed by atoms with van der Waals surface area (Å²) < 4.78 is 11.7. The molecule has 1 aromatic rings. The molecule has 1 N–H and O–H groups in total. The van der Waals surface area contributed by atoms with E-state index >= 15 is 0 Å². The number of rotatable bonds is 6. The minimum absolute atomic E-state index is 0.143. The molecule has 0 radical (unpaired) electrons. The molecule has 21 heavy (non-hydrogen) atoms. The quantitative estimate of drug-likeness (QED) is 0.872. The van der Waals surface area contributed by atoms with Gasteiger partial charge in [0, 0.05) is 25.1 Å². The number of hydrogen-bond donors (Lipinski definition) is 1. The van der Waals surface area contributed by atoms with Crippen LogP contribution in [0, 0.1) is 12.8 Å². The van der Waals surface area contributed by atoms with Crippen molar-refractivity contribution in [2.24, 2.45) is 5.92 Å². The second kappa shape index (κ2) is 6.71. The fourth-order valence-electron chi connectivity index (χ4n) is 2.67. The van der Waals surface area contributed by atoms with Crippen LogP contribution in [0.25, 0.3) is 0 Å². The number of aromatic nitrogens is 2. The van der Waals surface area contributed by atoms with Gasteiger partial charge >= 0.3 is 0 Å². The van der Waals surface area contributed by atoms with Crippen molar-refractivity contribution in [1.82, 2.24) is 9.97 Å². The first-order valence-electron chi connectivity index (χ1n) is 8.04. The van der Waals surface area contributed by atoms with Crippen molar-refractivity contribution >= 4 is 5.95 Å². The van der Waals surface area contributed by atoms with Gasteiger partial charge in [-0.1, -0.05) is 6.92 Å². The molecule has 0 aromatic carbocycles. The molecular formula is C16H25N3O2. The Bertz CT molecular complexity index is 477. The van der Waals surface area contributed by atoms with E-state index < -0.39 is 0 Å². The van der Waals surface area contributed by atoms with Crippen LogP contribution in [-0.4, -0.2) is 41.9 Å². The van der Waals surface area contributed by atoms with Gasteiger partial charge in [-0.2, -0.15) is 0 Å². The van der Waals surface area contributed by atoms with Crippen LogP contribution in [0.3, 0.4) is 0 Å². The molecule has 116 valence electrons. The number of nitrogens with one attached hydrogen (secondary N) is 1. The van der Waals surface area contributed by atoms with E-state index in [4.69, 9.17) is 9.47 Å². The molecule has 0 amide bonds. The molecule has 5 heteroatoms. The maximum absolute atomic E-state index is 6.07. The molecular weight excluding hydrogens is 266 g/mol. The van der Waals surface area contributed by atoms with Gasteiger partial charge in [-0.25, -0.2) is 9.97 Å². The predicted octanol–water partition coefficient (Wildman–Crippen LogP) is 2.34. The molecule has 3 rings (SSSR count). The summed E-state index contributed by atoms with van der Waals surface area (Å²) in [6.45, 7) is 6.49. The molecule has 2 heterocycles. The smallest absolute Gasteiger partial charge is 0.223 e. The van der Waals surface area contributed by atoms with Gasteiger partial charge in [-0.05, 0) is 44.1 Å². The first-order chi connectivity index (χ1) is 10.3. The van der Waals surface area contributed by atoms with E-state index in [9.17, 15) is 0 Å². The Morgan fingerprint density at radius 1 is 1.38 bits per heavy atom. The van der Waals surface area contributed by atoms with Gasteiger partial charge in [0.2, 0.25) is 5.95 Å². The molecule has 0 spiro atoms. The molecule has 1 aliphatic heterocycles. The van der Waals surface area contributed by atoms with Crippen LogP contribution in [0.2, 0.25) is 0 Å². The fourth-order valence-corrected chi connectivity index (χ4v) is 2.67. The highest BCUT2D eigenvalue weighted by Crippen LogP contribution is 2.30. The van der Waals surface area contributed by atoms with Crippen LogP contribution in [-0.2, 0) is 15.9 Å². The lowest BCUT2D eigenvalue weighted by Gasteiger charge is -2.32. The average molecular weight is 291 g/mol. The Kier molecular flexibility index (Phi) is 4.70. The second-order valence-electron chi connectivity index (χ2n) is 6.11. The third kappa shape index (κ3) is 3.92. The molecule has 1 aromatic heterocycles. The topological polar surface area (TPSA) is 56.3 Å². The Labute approximate surface area is 126 Å². The van der Waals surface area contributed by atoms with Gasteiger partial charge in [-0.15, -0.1) is 0 Å².